The second kappa shape index (κ2) is 7.37. The Labute approximate surface area is 167 Å². The van der Waals surface area contributed by atoms with E-state index < -0.39 is 5.97 Å². The van der Waals surface area contributed by atoms with Crippen LogP contribution in [0.3, 0.4) is 0 Å². The smallest absolute Gasteiger partial charge is 0.325 e. The Hall–Kier alpha value is -3.31. The molecule has 9 nitrogen and oxygen atoms in total. The lowest BCUT2D eigenvalue weighted by Gasteiger charge is -2.04. The fourth-order valence-corrected chi connectivity index (χ4v) is 3.62. The van der Waals surface area contributed by atoms with Gasteiger partial charge in [0.2, 0.25) is 0 Å². The Morgan fingerprint density at radius 2 is 2.14 bits per heavy atom. The molecular formula is C17H11N5O4S2. The maximum atomic E-state index is 11.8. The minimum atomic E-state index is -1.04. The van der Waals surface area contributed by atoms with Gasteiger partial charge in [0, 0.05) is 17.2 Å². The van der Waals surface area contributed by atoms with Crippen molar-refractivity contribution in [3.8, 4) is 22.7 Å². The van der Waals surface area contributed by atoms with Crippen molar-refractivity contribution in [1.82, 2.24) is 25.5 Å². The van der Waals surface area contributed by atoms with E-state index in [1.807, 2.05) is 6.07 Å². The van der Waals surface area contributed by atoms with Gasteiger partial charge >= 0.3 is 5.97 Å². The minimum absolute atomic E-state index is 0.250. The lowest BCUT2D eigenvalue weighted by Crippen LogP contribution is -2.17. The van der Waals surface area contributed by atoms with E-state index in [-0.39, 0.29) is 12.5 Å². The average molecular weight is 413 g/mol. The van der Waals surface area contributed by atoms with Crippen molar-refractivity contribution < 1.29 is 19.1 Å². The molecule has 1 aromatic carbocycles. The van der Waals surface area contributed by atoms with Gasteiger partial charge in [-0.3, -0.25) is 9.59 Å². The normalized spacial score (nSPS) is 15.2. The molecule has 0 spiro atoms. The molecule has 0 radical (unpaired) electrons. The molecule has 1 saturated heterocycles. The first-order chi connectivity index (χ1) is 13.5. The Morgan fingerprint density at radius 1 is 1.32 bits per heavy atom. The molecule has 0 bridgehead atoms. The number of hydrogen-bond acceptors (Lipinski definition) is 8. The van der Waals surface area contributed by atoms with Gasteiger partial charge in [-0.1, -0.05) is 42.2 Å². The van der Waals surface area contributed by atoms with Crippen LogP contribution in [0.5, 0.6) is 0 Å². The molecule has 1 aliphatic rings. The van der Waals surface area contributed by atoms with Crippen molar-refractivity contribution in [2.75, 3.05) is 0 Å². The number of benzene rings is 1. The Bertz CT molecular complexity index is 1130. The highest BCUT2D eigenvalue weighted by Crippen LogP contribution is 2.30. The van der Waals surface area contributed by atoms with Crippen molar-refractivity contribution >= 4 is 46.3 Å². The number of furan rings is 1. The number of rotatable bonds is 5. The quantitative estimate of drug-likeness (QED) is 0.478. The first-order valence-corrected chi connectivity index (χ1v) is 9.15. The lowest BCUT2D eigenvalue weighted by molar-refractivity contribution is -0.137. The second-order valence-electron chi connectivity index (χ2n) is 5.69. The summed E-state index contributed by atoms with van der Waals surface area (Å²) in [6.07, 6.45) is 1.63. The van der Waals surface area contributed by atoms with Crippen LogP contribution in [0.15, 0.2) is 45.7 Å². The summed E-state index contributed by atoms with van der Waals surface area (Å²) in [7, 11) is 0. The summed E-state index contributed by atoms with van der Waals surface area (Å²) in [6.45, 7) is -0.341. The van der Waals surface area contributed by atoms with Gasteiger partial charge in [0.15, 0.2) is 5.82 Å². The van der Waals surface area contributed by atoms with Crippen LogP contribution in [0.25, 0.3) is 28.8 Å². The van der Waals surface area contributed by atoms with Crippen molar-refractivity contribution in [2.24, 2.45) is 0 Å². The third kappa shape index (κ3) is 3.70. The van der Waals surface area contributed by atoms with Gasteiger partial charge in [0.25, 0.3) is 5.91 Å². The number of amides is 1. The summed E-state index contributed by atoms with van der Waals surface area (Å²) in [5.41, 5.74) is 1.40. The number of carbonyl (C=O) groups excluding carboxylic acids is 1. The standard InChI is InChI=1S/C17H11N5O4S2/c23-14(24)8-22-15(19-20-21-22)10-3-1-2-9(6-10)12-5-4-11(26-12)7-13-16(25)18-17(27)28-13/h1-7H,8H2,(H,23,24)(H,18,25,27)/b13-7+. The molecule has 0 aliphatic carbocycles. The largest absolute Gasteiger partial charge is 0.480 e. The molecule has 1 aliphatic heterocycles. The van der Waals surface area contributed by atoms with E-state index >= 15 is 0 Å². The van der Waals surface area contributed by atoms with Crippen molar-refractivity contribution in [1.29, 1.82) is 0 Å². The molecule has 140 valence electrons. The summed E-state index contributed by atoms with van der Waals surface area (Å²) in [6, 6.07) is 10.7. The maximum absolute atomic E-state index is 11.8. The topological polar surface area (TPSA) is 123 Å². The molecule has 0 unspecified atom stereocenters. The van der Waals surface area contributed by atoms with E-state index in [4.69, 9.17) is 21.7 Å². The summed E-state index contributed by atoms with van der Waals surface area (Å²) >= 11 is 6.15. The summed E-state index contributed by atoms with van der Waals surface area (Å²) in [4.78, 5) is 23.2. The lowest BCUT2D eigenvalue weighted by atomic mass is 10.1. The second-order valence-corrected chi connectivity index (χ2v) is 7.41. The molecule has 0 saturated carbocycles. The predicted octanol–water partition coefficient (Wildman–Crippen LogP) is 2.17. The van der Waals surface area contributed by atoms with Crippen LogP contribution in [0, 0.1) is 0 Å². The Kier molecular flexibility index (Phi) is 4.75. The molecule has 1 fully saturated rings. The molecule has 3 heterocycles. The minimum Gasteiger partial charge on any atom is -0.480 e. The third-order valence-electron chi connectivity index (χ3n) is 3.76. The molecule has 2 N–H and O–H groups in total. The van der Waals surface area contributed by atoms with Gasteiger partial charge in [-0.05, 0) is 28.6 Å². The van der Waals surface area contributed by atoms with Crippen molar-refractivity contribution in [2.45, 2.75) is 6.54 Å². The zero-order chi connectivity index (χ0) is 19.7. The van der Waals surface area contributed by atoms with Crippen LogP contribution in [-0.4, -0.2) is 41.5 Å². The van der Waals surface area contributed by atoms with Gasteiger partial charge in [-0.25, -0.2) is 4.68 Å². The molecule has 2 aromatic heterocycles. The molecule has 0 atom stereocenters. The molecule has 1 amide bonds. The number of carboxylic acids is 1. The van der Waals surface area contributed by atoms with Crippen LogP contribution in [0.2, 0.25) is 0 Å². The Morgan fingerprint density at radius 3 is 2.89 bits per heavy atom. The van der Waals surface area contributed by atoms with E-state index in [0.29, 0.717) is 32.1 Å². The number of carboxylic acid groups (broad SMARTS) is 1. The number of carbonyl (C=O) groups is 2. The number of aliphatic carboxylic acids is 1. The van der Waals surface area contributed by atoms with E-state index in [2.05, 4.69) is 20.8 Å². The fourth-order valence-electron chi connectivity index (χ4n) is 2.59. The van der Waals surface area contributed by atoms with Crippen LogP contribution >= 0.6 is 24.0 Å². The highest BCUT2D eigenvalue weighted by Gasteiger charge is 2.22. The van der Waals surface area contributed by atoms with E-state index in [1.54, 1.807) is 36.4 Å². The molecule has 3 aromatic rings. The highest BCUT2D eigenvalue weighted by molar-refractivity contribution is 8.26. The third-order valence-corrected chi connectivity index (χ3v) is 4.93. The molecule has 28 heavy (non-hydrogen) atoms. The molecular weight excluding hydrogens is 402 g/mol. The maximum Gasteiger partial charge on any atom is 0.325 e. The number of nitrogens with zero attached hydrogens (tertiary/aromatic N) is 4. The highest BCUT2D eigenvalue weighted by atomic mass is 32.2. The number of hydrogen-bond donors (Lipinski definition) is 2. The summed E-state index contributed by atoms with van der Waals surface area (Å²) in [5, 5.41) is 22.7. The van der Waals surface area contributed by atoms with E-state index in [9.17, 15) is 9.59 Å². The average Bonchev–Trinajstić information content (AvgIpc) is 3.36. The van der Waals surface area contributed by atoms with Crippen molar-refractivity contribution in [3.63, 3.8) is 0 Å². The SMILES string of the molecule is O=C(O)Cn1nnnc1-c1cccc(-c2ccc(/C=C3/SC(=S)NC3=O)o2)c1. The summed E-state index contributed by atoms with van der Waals surface area (Å²) < 4.78 is 7.44. The summed E-state index contributed by atoms with van der Waals surface area (Å²) in [5.74, 6) is 0.142. The Balaban J connectivity index is 1.63. The van der Waals surface area contributed by atoms with Gasteiger partial charge in [-0.15, -0.1) is 5.10 Å². The van der Waals surface area contributed by atoms with Crippen LogP contribution < -0.4 is 5.32 Å². The zero-order valence-electron chi connectivity index (χ0n) is 14.0. The number of aromatic nitrogens is 4. The first kappa shape index (κ1) is 18.1. The number of tetrazole rings is 1. The fraction of sp³-hybridized carbons (Fsp3) is 0.0588. The number of nitrogens with one attached hydrogen (secondary N) is 1. The molecule has 4 rings (SSSR count). The van der Waals surface area contributed by atoms with Gasteiger partial charge in [-0.2, -0.15) is 0 Å². The number of thiocarbonyl (C=S) groups is 1. The monoisotopic (exact) mass is 413 g/mol. The number of thioether (sulfide) groups is 1. The van der Waals surface area contributed by atoms with Gasteiger partial charge in [0.1, 0.15) is 22.4 Å². The van der Waals surface area contributed by atoms with Gasteiger partial charge < -0.3 is 14.8 Å². The van der Waals surface area contributed by atoms with E-state index in [1.165, 1.54) is 16.4 Å². The van der Waals surface area contributed by atoms with Crippen LogP contribution in [0.4, 0.5) is 0 Å². The molecule has 11 heteroatoms. The first-order valence-electron chi connectivity index (χ1n) is 7.93. The van der Waals surface area contributed by atoms with Crippen LogP contribution in [-0.2, 0) is 16.1 Å². The van der Waals surface area contributed by atoms with Crippen molar-refractivity contribution in [3.05, 3.63) is 47.1 Å². The van der Waals surface area contributed by atoms with Crippen LogP contribution in [0.1, 0.15) is 5.76 Å². The van der Waals surface area contributed by atoms with E-state index in [0.717, 1.165) is 5.56 Å². The zero-order valence-corrected chi connectivity index (χ0v) is 15.7. The predicted molar refractivity (Wildman–Crippen MR) is 105 cm³/mol. The van der Waals surface area contributed by atoms with Gasteiger partial charge in [0.05, 0.1) is 4.91 Å².